The standard InChI is InChI=1S/C25H27N3O4S/c1-18-9-6-7-13-22(18)26-25(29)21-12-8-16-28(17-21)33(30,31)24-19(2)27-32-23(24)15-14-20-10-4-3-5-11-20/h3-7,9-11,13-15,21H,8,12,16-17H2,1-2H3,(H,26,29)/b15-14+. The summed E-state index contributed by atoms with van der Waals surface area (Å²) in [5, 5.41) is 6.84. The molecule has 0 aliphatic carbocycles. The zero-order valence-electron chi connectivity index (χ0n) is 18.7. The fraction of sp³-hybridized carbons (Fsp3) is 0.280. The number of anilines is 1. The van der Waals surface area contributed by atoms with Gasteiger partial charge in [-0.15, -0.1) is 0 Å². The molecule has 0 radical (unpaired) electrons. The maximum Gasteiger partial charge on any atom is 0.248 e. The van der Waals surface area contributed by atoms with Crippen molar-refractivity contribution in [2.45, 2.75) is 31.6 Å². The van der Waals surface area contributed by atoms with E-state index in [-0.39, 0.29) is 23.1 Å². The van der Waals surface area contributed by atoms with Gasteiger partial charge in [0.1, 0.15) is 5.69 Å². The molecule has 1 unspecified atom stereocenters. The highest BCUT2D eigenvalue weighted by Crippen LogP contribution is 2.30. The molecule has 172 valence electrons. The second-order valence-electron chi connectivity index (χ2n) is 8.21. The Labute approximate surface area is 194 Å². The van der Waals surface area contributed by atoms with Crippen LogP contribution in [-0.4, -0.2) is 36.9 Å². The highest BCUT2D eigenvalue weighted by molar-refractivity contribution is 7.89. The summed E-state index contributed by atoms with van der Waals surface area (Å²) in [4.78, 5) is 12.9. The molecule has 1 amide bonds. The maximum absolute atomic E-state index is 13.5. The summed E-state index contributed by atoms with van der Waals surface area (Å²) in [6.07, 6.45) is 4.64. The largest absolute Gasteiger partial charge is 0.355 e. The molecule has 0 saturated carbocycles. The van der Waals surface area contributed by atoms with Crippen LogP contribution in [-0.2, 0) is 14.8 Å². The van der Waals surface area contributed by atoms with Crippen LogP contribution in [0.2, 0.25) is 0 Å². The second kappa shape index (κ2) is 9.72. The molecule has 33 heavy (non-hydrogen) atoms. The highest BCUT2D eigenvalue weighted by atomic mass is 32.2. The molecule has 2 heterocycles. The van der Waals surface area contributed by atoms with Crippen LogP contribution in [0, 0.1) is 19.8 Å². The van der Waals surface area contributed by atoms with Crippen molar-refractivity contribution in [1.82, 2.24) is 9.46 Å². The Morgan fingerprint density at radius 3 is 2.58 bits per heavy atom. The summed E-state index contributed by atoms with van der Waals surface area (Å²) >= 11 is 0. The highest BCUT2D eigenvalue weighted by Gasteiger charge is 2.37. The summed E-state index contributed by atoms with van der Waals surface area (Å²) in [6, 6.07) is 17.1. The van der Waals surface area contributed by atoms with Gasteiger partial charge in [0.25, 0.3) is 0 Å². The van der Waals surface area contributed by atoms with E-state index >= 15 is 0 Å². The fourth-order valence-electron chi connectivity index (χ4n) is 3.99. The van der Waals surface area contributed by atoms with E-state index in [1.165, 1.54) is 4.31 Å². The first-order valence-electron chi connectivity index (χ1n) is 10.9. The summed E-state index contributed by atoms with van der Waals surface area (Å²) in [5.74, 6) is -0.421. The third-order valence-electron chi connectivity index (χ3n) is 5.82. The maximum atomic E-state index is 13.5. The van der Waals surface area contributed by atoms with Crippen molar-refractivity contribution >= 4 is 33.8 Å². The molecule has 1 aromatic heterocycles. The monoisotopic (exact) mass is 465 g/mol. The number of carbonyl (C=O) groups is 1. The predicted octanol–water partition coefficient (Wildman–Crippen LogP) is 4.50. The van der Waals surface area contributed by atoms with Crippen molar-refractivity contribution < 1.29 is 17.7 Å². The number of nitrogens with zero attached hydrogens (tertiary/aromatic N) is 2. The van der Waals surface area contributed by atoms with E-state index in [9.17, 15) is 13.2 Å². The third kappa shape index (κ3) is 5.07. The van der Waals surface area contributed by atoms with Crippen LogP contribution in [0.15, 0.2) is 64.0 Å². The van der Waals surface area contributed by atoms with Gasteiger partial charge in [0, 0.05) is 18.8 Å². The van der Waals surface area contributed by atoms with E-state index in [1.54, 1.807) is 19.1 Å². The number of sulfonamides is 1. The number of nitrogens with one attached hydrogen (secondary N) is 1. The van der Waals surface area contributed by atoms with Crippen molar-refractivity contribution in [3.8, 4) is 0 Å². The Hall–Kier alpha value is -3.23. The Morgan fingerprint density at radius 1 is 1.09 bits per heavy atom. The number of hydrogen-bond donors (Lipinski definition) is 1. The van der Waals surface area contributed by atoms with Gasteiger partial charge in [-0.3, -0.25) is 4.79 Å². The number of aryl methyl sites for hydroxylation is 2. The van der Waals surface area contributed by atoms with Crippen LogP contribution in [0.5, 0.6) is 0 Å². The lowest BCUT2D eigenvalue weighted by molar-refractivity contribution is -0.120. The van der Waals surface area contributed by atoms with Crippen LogP contribution in [0.25, 0.3) is 12.2 Å². The Balaban J connectivity index is 1.54. The quantitative estimate of drug-likeness (QED) is 0.579. The first kappa shape index (κ1) is 22.9. The van der Waals surface area contributed by atoms with E-state index in [0.29, 0.717) is 25.1 Å². The SMILES string of the molecule is Cc1ccccc1NC(=O)C1CCCN(S(=O)(=O)c2c(C)noc2/C=C/c2ccccc2)C1. The van der Waals surface area contributed by atoms with Gasteiger partial charge >= 0.3 is 0 Å². The van der Waals surface area contributed by atoms with E-state index in [4.69, 9.17) is 4.52 Å². The molecular formula is C25H27N3O4S. The van der Waals surface area contributed by atoms with Crippen molar-refractivity contribution in [1.29, 1.82) is 0 Å². The number of carbonyl (C=O) groups excluding carboxylic acids is 1. The lowest BCUT2D eigenvalue weighted by atomic mass is 9.98. The first-order chi connectivity index (χ1) is 15.9. The van der Waals surface area contributed by atoms with Crippen LogP contribution >= 0.6 is 0 Å². The molecule has 3 aromatic rings. The lowest BCUT2D eigenvalue weighted by Gasteiger charge is -2.31. The minimum Gasteiger partial charge on any atom is -0.355 e. The minimum absolute atomic E-state index is 0.0506. The zero-order chi connectivity index (χ0) is 23.4. The Bertz CT molecular complexity index is 1270. The van der Waals surface area contributed by atoms with Crippen molar-refractivity contribution in [3.05, 3.63) is 77.2 Å². The van der Waals surface area contributed by atoms with Gasteiger partial charge < -0.3 is 9.84 Å². The number of benzene rings is 2. The van der Waals surface area contributed by atoms with Gasteiger partial charge in [0.05, 0.1) is 5.92 Å². The van der Waals surface area contributed by atoms with Crippen LogP contribution in [0.4, 0.5) is 5.69 Å². The number of para-hydroxylation sites is 1. The van der Waals surface area contributed by atoms with Crippen molar-refractivity contribution in [3.63, 3.8) is 0 Å². The van der Waals surface area contributed by atoms with Gasteiger partial charge in [-0.25, -0.2) is 8.42 Å². The summed E-state index contributed by atoms with van der Waals surface area (Å²) in [5.41, 5.74) is 2.92. The Morgan fingerprint density at radius 2 is 1.82 bits per heavy atom. The molecule has 1 aliphatic heterocycles. The predicted molar refractivity (Wildman–Crippen MR) is 128 cm³/mol. The number of hydrogen-bond acceptors (Lipinski definition) is 5. The normalized spacial score (nSPS) is 17.3. The molecule has 1 aliphatic rings. The Kier molecular flexibility index (Phi) is 6.76. The van der Waals surface area contributed by atoms with Crippen LogP contribution < -0.4 is 5.32 Å². The van der Waals surface area contributed by atoms with Crippen molar-refractivity contribution in [2.24, 2.45) is 5.92 Å². The molecule has 1 fully saturated rings. The number of rotatable bonds is 6. The molecule has 4 rings (SSSR count). The van der Waals surface area contributed by atoms with Crippen LogP contribution in [0.1, 0.15) is 35.4 Å². The molecular weight excluding hydrogens is 438 g/mol. The number of piperidine rings is 1. The van der Waals surface area contributed by atoms with Gasteiger partial charge in [0.15, 0.2) is 10.7 Å². The van der Waals surface area contributed by atoms with E-state index in [2.05, 4.69) is 10.5 Å². The topological polar surface area (TPSA) is 92.5 Å². The summed E-state index contributed by atoms with van der Waals surface area (Å²) in [6.45, 7) is 4.00. The third-order valence-corrected chi connectivity index (χ3v) is 7.84. The molecule has 8 heteroatoms. The van der Waals surface area contributed by atoms with Gasteiger partial charge in [-0.2, -0.15) is 4.31 Å². The molecule has 0 bridgehead atoms. The van der Waals surface area contributed by atoms with E-state index in [0.717, 1.165) is 16.8 Å². The molecule has 1 saturated heterocycles. The average molecular weight is 466 g/mol. The molecule has 7 nitrogen and oxygen atoms in total. The van der Waals surface area contributed by atoms with E-state index < -0.39 is 15.9 Å². The lowest BCUT2D eigenvalue weighted by Crippen LogP contribution is -2.44. The van der Waals surface area contributed by atoms with Gasteiger partial charge in [0.2, 0.25) is 15.9 Å². The minimum atomic E-state index is -3.89. The van der Waals surface area contributed by atoms with E-state index in [1.807, 2.05) is 61.5 Å². The average Bonchev–Trinajstić information content (AvgIpc) is 3.21. The molecule has 0 spiro atoms. The van der Waals surface area contributed by atoms with Gasteiger partial charge in [-0.1, -0.05) is 59.8 Å². The fourth-order valence-corrected chi connectivity index (χ4v) is 5.76. The zero-order valence-corrected chi connectivity index (χ0v) is 19.5. The first-order valence-corrected chi connectivity index (χ1v) is 12.4. The van der Waals surface area contributed by atoms with Crippen molar-refractivity contribution in [2.75, 3.05) is 18.4 Å². The number of amides is 1. The molecule has 1 atom stereocenters. The number of aromatic nitrogens is 1. The molecule has 2 aromatic carbocycles. The summed E-state index contributed by atoms with van der Waals surface area (Å²) < 4.78 is 33.8. The smallest absolute Gasteiger partial charge is 0.248 e. The van der Waals surface area contributed by atoms with Crippen LogP contribution in [0.3, 0.4) is 0 Å². The van der Waals surface area contributed by atoms with Gasteiger partial charge in [-0.05, 0) is 50.0 Å². The second-order valence-corrected chi connectivity index (χ2v) is 10.1. The summed E-state index contributed by atoms with van der Waals surface area (Å²) in [7, 11) is -3.89. The molecule has 1 N–H and O–H groups in total.